The molecule has 0 amide bonds. The van der Waals surface area contributed by atoms with Crippen molar-refractivity contribution >= 4 is 17.4 Å². The number of nitrogens with one attached hydrogen (secondary N) is 1. The molecular weight excluding hydrogens is 194 g/mol. The normalized spacial score (nSPS) is 15.3. The van der Waals surface area contributed by atoms with Crippen molar-refractivity contribution in [3.05, 3.63) is 18.2 Å². The van der Waals surface area contributed by atoms with E-state index in [1.807, 2.05) is 19.2 Å². The van der Waals surface area contributed by atoms with E-state index in [1.54, 1.807) is 11.8 Å². The number of anilines is 1. The van der Waals surface area contributed by atoms with Crippen LogP contribution in [0.2, 0.25) is 0 Å². The van der Waals surface area contributed by atoms with Crippen molar-refractivity contribution < 1.29 is 4.74 Å². The number of thioether (sulfide) groups is 1. The summed E-state index contributed by atoms with van der Waals surface area (Å²) in [7, 11) is 1.94. The predicted octanol–water partition coefficient (Wildman–Crippen LogP) is 2.99. The van der Waals surface area contributed by atoms with E-state index in [0.29, 0.717) is 6.10 Å². The Bertz CT molecular complexity index is 323. The molecule has 0 saturated heterocycles. The molecule has 0 radical (unpaired) electrons. The van der Waals surface area contributed by atoms with E-state index < -0.39 is 0 Å². The Labute approximate surface area is 89.0 Å². The second-order valence-electron chi connectivity index (χ2n) is 3.40. The molecule has 0 atom stereocenters. The molecule has 3 heteroatoms. The molecule has 0 bridgehead atoms. The van der Waals surface area contributed by atoms with Gasteiger partial charge >= 0.3 is 0 Å². The maximum atomic E-state index is 5.83. The van der Waals surface area contributed by atoms with Crippen LogP contribution in [0.4, 0.5) is 5.69 Å². The molecule has 1 aliphatic carbocycles. The Morgan fingerprint density at radius 2 is 2.21 bits per heavy atom. The van der Waals surface area contributed by atoms with E-state index in [1.165, 1.54) is 17.7 Å². The van der Waals surface area contributed by atoms with Crippen LogP contribution in [0.5, 0.6) is 5.75 Å². The highest BCUT2D eigenvalue weighted by atomic mass is 32.2. The van der Waals surface area contributed by atoms with Gasteiger partial charge in [-0.1, -0.05) is 6.07 Å². The molecule has 2 nitrogen and oxygen atoms in total. The summed E-state index contributed by atoms with van der Waals surface area (Å²) in [6.45, 7) is 0. The third-order valence-corrected chi connectivity index (χ3v) is 3.10. The van der Waals surface area contributed by atoms with E-state index in [9.17, 15) is 0 Å². The fraction of sp³-hybridized carbons (Fsp3) is 0.455. The Hall–Kier alpha value is -0.830. The molecule has 1 aromatic rings. The predicted molar refractivity (Wildman–Crippen MR) is 61.4 cm³/mol. The van der Waals surface area contributed by atoms with Crippen LogP contribution in [0.25, 0.3) is 0 Å². The molecule has 14 heavy (non-hydrogen) atoms. The lowest BCUT2D eigenvalue weighted by Gasteiger charge is -2.12. The zero-order valence-electron chi connectivity index (χ0n) is 8.54. The van der Waals surface area contributed by atoms with Gasteiger partial charge in [-0.3, -0.25) is 0 Å². The van der Waals surface area contributed by atoms with Crippen LogP contribution in [-0.2, 0) is 0 Å². The van der Waals surface area contributed by atoms with Crippen molar-refractivity contribution in [3.63, 3.8) is 0 Å². The average molecular weight is 209 g/mol. The first-order chi connectivity index (χ1) is 6.85. The van der Waals surface area contributed by atoms with Gasteiger partial charge in [-0.05, 0) is 31.2 Å². The number of ether oxygens (including phenoxy) is 1. The first kappa shape index (κ1) is 9.71. The molecule has 1 aliphatic rings. The van der Waals surface area contributed by atoms with Crippen molar-refractivity contribution in [1.29, 1.82) is 0 Å². The minimum atomic E-state index is 0.466. The Morgan fingerprint density at radius 1 is 1.43 bits per heavy atom. The third-order valence-electron chi connectivity index (χ3n) is 2.27. The maximum absolute atomic E-state index is 5.83. The van der Waals surface area contributed by atoms with Gasteiger partial charge < -0.3 is 10.1 Å². The topological polar surface area (TPSA) is 21.3 Å². The van der Waals surface area contributed by atoms with Crippen molar-refractivity contribution in [2.24, 2.45) is 0 Å². The molecule has 1 aromatic carbocycles. The summed E-state index contributed by atoms with van der Waals surface area (Å²) < 4.78 is 5.83. The van der Waals surface area contributed by atoms with Gasteiger partial charge in [-0.25, -0.2) is 0 Å². The number of hydrogen-bond donors (Lipinski definition) is 1. The van der Waals surface area contributed by atoms with Crippen molar-refractivity contribution in [1.82, 2.24) is 0 Å². The summed E-state index contributed by atoms with van der Waals surface area (Å²) in [6, 6.07) is 6.15. The summed E-state index contributed by atoms with van der Waals surface area (Å²) in [6.07, 6.45) is 4.96. The maximum Gasteiger partial charge on any atom is 0.135 e. The lowest BCUT2D eigenvalue weighted by Crippen LogP contribution is -1.99. The van der Waals surface area contributed by atoms with Crippen molar-refractivity contribution in [2.75, 3.05) is 18.6 Å². The van der Waals surface area contributed by atoms with E-state index in [0.717, 1.165) is 11.4 Å². The molecule has 0 unspecified atom stereocenters. The van der Waals surface area contributed by atoms with Crippen LogP contribution >= 0.6 is 11.8 Å². The highest BCUT2D eigenvalue weighted by Gasteiger charge is 2.24. The van der Waals surface area contributed by atoms with Crippen LogP contribution in [0.3, 0.4) is 0 Å². The Morgan fingerprint density at radius 3 is 2.79 bits per heavy atom. The fourth-order valence-electron chi connectivity index (χ4n) is 1.38. The smallest absolute Gasteiger partial charge is 0.135 e. The zero-order chi connectivity index (χ0) is 9.97. The summed E-state index contributed by atoms with van der Waals surface area (Å²) in [5, 5.41) is 3.18. The van der Waals surface area contributed by atoms with Gasteiger partial charge in [-0.15, -0.1) is 11.8 Å². The van der Waals surface area contributed by atoms with E-state index in [2.05, 4.69) is 17.6 Å². The number of hydrogen-bond acceptors (Lipinski definition) is 3. The van der Waals surface area contributed by atoms with Gasteiger partial charge in [0.2, 0.25) is 0 Å². The van der Waals surface area contributed by atoms with Gasteiger partial charge in [0, 0.05) is 7.05 Å². The second-order valence-corrected chi connectivity index (χ2v) is 4.22. The summed E-state index contributed by atoms with van der Waals surface area (Å²) >= 11 is 1.73. The first-order valence-corrected chi connectivity index (χ1v) is 6.09. The molecule has 0 aromatic heterocycles. The van der Waals surface area contributed by atoms with Crippen LogP contribution in [-0.4, -0.2) is 19.4 Å². The van der Waals surface area contributed by atoms with Gasteiger partial charge in [0.15, 0.2) is 0 Å². The molecule has 1 saturated carbocycles. The molecule has 0 aliphatic heterocycles. The van der Waals surface area contributed by atoms with Gasteiger partial charge in [0.25, 0.3) is 0 Å². The zero-order valence-corrected chi connectivity index (χ0v) is 9.36. The highest BCUT2D eigenvalue weighted by molar-refractivity contribution is 7.98. The first-order valence-electron chi connectivity index (χ1n) is 4.86. The van der Waals surface area contributed by atoms with Crippen LogP contribution in [0.15, 0.2) is 23.1 Å². The SMILES string of the molecule is CNc1cccc(OC2CC2)c1SC. The van der Waals surface area contributed by atoms with Crippen LogP contribution in [0.1, 0.15) is 12.8 Å². The quantitative estimate of drug-likeness (QED) is 0.770. The number of benzene rings is 1. The van der Waals surface area contributed by atoms with Crippen LogP contribution in [0, 0.1) is 0 Å². The summed E-state index contributed by atoms with van der Waals surface area (Å²) in [5.41, 5.74) is 1.15. The molecule has 76 valence electrons. The minimum Gasteiger partial charge on any atom is -0.489 e. The van der Waals surface area contributed by atoms with Crippen molar-refractivity contribution in [3.8, 4) is 5.75 Å². The molecule has 0 spiro atoms. The van der Waals surface area contributed by atoms with E-state index in [-0.39, 0.29) is 0 Å². The Kier molecular flexibility index (Phi) is 2.87. The molecule has 2 rings (SSSR count). The minimum absolute atomic E-state index is 0.466. The lowest BCUT2D eigenvalue weighted by atomic mass is 10.3. The van der Waals surface area contributed by atoms with E-state index in [4.69, 9.17) is 4.74 Å². The Balaban J connectivity index is 2.26. The fourth-order valence-corrected chi connectivity index (χ4v) is 2.09. The lowest BCUT2D eigenvalue weighted by molar-refractivity contribution is 0.296. The molecular formula is C11H15NOS. The summed E-state index contributed by atoms with van der Waals surface area (Å²) in [4.78, 5) is 1.21. The monoisotopic (exact) mass is 209 g/mol. The third kappa shape index (κ3) is 1.98. The average Bonchev–Trinajstić information content (AvgIpc) is 3.01. The van der Waals surface area contributed by atoms with Gasteiger partial charge in [0.05, 0.1) is 16.7 Å². The van der Waals surface area contributed by atoms with E-state index >= 15 is 0 Å². The molecule has 1 fully saturated rings. The van der Waals surface area contributed by atoms with Gasteiger partial charge in [-0.2, -0.15) is 0 Å². The standard InChI is InChI=1S/C11H15NOS/c1-12-9-4-3-5-10(11(9)14-2)13-8-6-7-8/h3-5,8,12H,6-7H2,1-2H3. The molecule has 1 N–H and O–H groups in total. The largest absolute Gasteiger partial charge is 0.489 e. The molecule has 0 heterocycles. The second kappa shape index (κ2) is 4.13. The van der Waals surface area contributed by atoms with Crippen LogP contribution < -0.4 is 10.1 Å². The van der Waals surface area contributed by atoms with Gasteiger partial charge in [0.1, 0.15) is 5.75 Å². The number of rotatable bonds is 4. The highest BCUT2D eigenvalue weighted by Crippen LogP contribution is 2.37. The van der Waals surface area contributed by atoms with Crippen molar-refractivity contribution in [2.45, 2.75) is 23.8 Å². The summed E-state index contributed by atoms with van der Waals surface area (Å²) in [5.74, 6) is 1.02.